The Morgan fingerprint density at radius 3 is 2.69 bits per heavy atom. The summed E-state index contributed by atoms with van der Waals surface area (Å²) in [7, 11) is 3.52. The van der Waals surface area contributed by atoms with E-state index >= 15 is 0 Å². The van der Waals surface area contributed by atoms with Crippen molar-refractivity contribution in [3.05, 3.63) is 40.7 Å². The third-order valence-electron chi connectivity index (χ3n) is 4.79. The summed E-state index contributed by atoms with van der Waals surface area (Å²) in [4.78, 5) is 13.6. The van der Waals surface area contributed by atoms with Gasteiger partial charge in [-0.2, -0.15) is 4.37 Å². The van der Waals surface area contributed by atoms with Crippen molar-refractivity contribution >= 4 is 58.2 Å². The predicted molar refractivity (Wildman–Crippen MR) is 131 cm³/mol. The van der Waals surface area contributed by atoms with E-state index in [2.05, 4.69) is 36.4 Å². The first kappa shape index (κ1) is 24.1. The van der Waals surface area contributed by atoms with Crippen LogP contribution >= 0.6 is 47.1 Å². The summed E-state index contributed by atoms with van der Waals surface area (Å²) in [6, 6.07) is 7.77. The first-order chi connectivity index (χ1) is 13.6. The molecule has 1 aromatic carbocycles. The number of nitrogens with one attached hydrogen (secondary N) is 1. The Hall–Kier alpha value is -1.17. The number of rotatable bonds is 6. The lowest BCUT2D eigenvalue weighted by Gasteiger charge is -2.36. The van der Waals surface area contributed by atoms with Gasteiger partial charge in [0.05, 0.1) is 6.10 Å². The number of halogens is 2. The molecule has 1 N–H and O–H groups in total. The second-order valence-electron chi connectivity index (χ2n) is 6.53. The highest BCUT2D eigenvalue weighted by Gasteiger charge is 2.22. The van der Waals surface area contributed by atoms with Crippen molar-refractivity contribution in [1.82, 2.24) is 19.6 Å². The average molecular weight is 551 g/mol. The molecule has 1 saturated heterocycles. The lowest BCUT2D eigenvalue weighted by atomic mass is 10.1. The quantitative estimate of drug-likeness (QED) is 0.338. The molecule has 0 radical (unpaired) electrons. The van der Waals surface area contributed by atoms with Crippen LogP contribution in [-0.2, 0) is 11.2 Å². The summed E-state index contributed by atoms with van der Waals surface area (Å²) in [6.45, 7) is 6.28. The van der Waals surface area contributed by atoms with Crippen LogP contribution in [0.4, 0.5) is 5.13 Å². The Morgan fingerprint density at radius 2 is 2.10 bits per heavy atom. The van der Waals surface area contributed by atoms with Crippen LogP contribution in [0.25, 0.3) is 0 Å². The van der Waals surface area contributed by atoms with E-state index in [1.807, 2.05) is 31.3 Å². The van der Waals surface area contributed by atoms with Gasteiger partial charge in [0, 0.05) is 69.9 Å². The topological polar surface area (TPSA) is 65.9 Å². The van der Waals surface area contributed by atoms with Gasteiger partial charge in [-0.3, -0.25) is 4.99 Å². The third-order valence-corrected chi connectivity index (χ3v) is 5.84. The number of guanidine groups is 1. The van der Waals surface area contributed by atoms with Crippen LogP contribution in [0.1, 0.15) is 24.4 Å². The maximum Gasteiger partial charge on any atom is 0.205 e. The van der Waals surface area contributed by atoms with Gasteiger partial charge in [-0.05, 0) is 17.7 Å². The number of piperazine rings is 1. The van der Waals surface area contributed by atoms with Crippen molar-refractivity contribution in [3.63, 3.8) is 0 Å². The Bertz CT molecular complexity index is 797. The molecule has 0 bridgehead atoms. The summed E-state index contributed by atoms with van der Waals surface area (Å²) in [5.41, 5.74) is 1.05. The summed E-state index contributed by atoms with van der Waals surface area (Å²) >= 11 is 7.60. The molecule has 0 aliphatic carbocycles. The molecule has 10 heteroatoms. The largest absolute Gasteiger partial charge is 0.375 e. The third kappa shape index (κ3) is 6.40. The number of aromatic nitrogens is 2. The second kappa shape index (κ2) is 11.9. The zero-order chi connectivity index (χ0) is 19.9. The molecule has 1 atom stereocenters. The van der Waals surface area contributed by atoms with E-state index in [1.54, 1.807) is 7.11 Å². The van der Waals surface area contributed by atoms with Crippen LogP contribution in [0.5, 0.6) is 0 Å². The molecule has 160 valence electrons. The number of aliphatic imine (C=N–C) groups is 1. The molecule has 1 aromatic heterocycles. The van der Waals surface area contributed by atoms with Gasteiger partial charge in [-0.25, -0.2) is 4.98 Å². The fraction of sp³-hybridized carbons (Fsp3) is 0.526. The van der Waals surface area contributed by atoms with E-state index in [0.29, 0.717) is 11.6 Å². The number of methoxy groups -OCH3 is 1. The number of anilines is 1. The molecule has 1 aliphatic heterocycles. The molecule has 1 aliphatic rings. The molecule has 29 heavy (non-hydrogen) atoms. The SMILES string of the molecule is CCc1nsc(N2CCN(C(=NC)NCC(OC)c3cccc(Cl)c3)CC2)n1.I. The van der Waals surface area contributed by atoms with Gasteiger partial charge in [0.1, 0.15) is 5.82 Å². The molecule has 1 fully saturated rings. The number of nitrogens with zero attached hydrogens (tertiary/aromatic N) is 5. The summed E-state index contributed by atoms with van der Waals surface area (Å²) in [6.07, 6.45) is 0.783. The van der Waals surface area contributed by atoms with Crippen molar-refractivity contribution in [2.45, 2.75) is 19.4 Å². The Morgan fingerprint density at radius 1 is 1.34 bits per heavy atom. The molecule has 2 heterocycles. The van der Waals surface area contributed by atoms with Crippen LogP contribution in [0.15, 0.2) is 29.3 Å². The van der Waals surface area contributed by atoms with E-state index in [-0.39, 0.29) is 30.1 Å². The van der Waals surface area contributed by atoms with E-state index in [0.717, 1.165) is 55.1 Å². The van der Waals surface area contributed by atoms with E-state index in [4.69, 9.17) is 16.3 Å². The number of benzene rings is 1. The van der Waals surface area contributed by atoms with Crippen molar-refractivity contribution in [1.29, 1.82) is 0 Å². The average Bonchev–Trinajstić information content (AvgIpc) is 3.21. The zero-order valence-electron chi connectivity index (χ0n) is 17.0. The minimum atomic E-state index is -0.0920. The molecule has 0 spiro atoms. The van der Waals surface area contributed by atoms with Gasteiger partial charge >= 0.3 is 0 Å². The first-order valence-corrected chi connectivity index (χ1v) is 10.6. The van der Waals surface area contributed by atoms with Crippen LogP contribution in [-0.4, -0.2) is 67.1 Å². The summed E-state index contributed by atoms with van der Waals surface area (Å²) < 4.78 is 10.0. The fourth-order valence-corrected chi connectivity index (χ4v) is 4.19. The number of aryl methyl sites for hydroxylation is 1. The molecular formula is C19H28ClIN6OS. The van der Waals surface area contributed by atoms with E-state index in [9.17, 15) is 0 Å². The standard InChI is InChI=1S/C19H27ClN6OS.HI/c1-4-17-23-19(28-24-17)26-10-8-25(9-11-26)18(21-2)22-13-16(27-3)14-6-5-7-15(20)12-14;/h5-7,12,16H,4,8-11,13H2,1-3H3,(H,21,22);1H. The smallest absolute Gasteiger partial charge is 0.205 e. The molecule has 0 saturated carbocycles. The summed E-state index contributed by atoms with van der Waals surface area (Å²) in [5, 5.41) is 5.16. The normalized spacial score (nSPS) is 15.8. The highest BCUT2D eigenvalue weighted by Crippen LogP contribution is 2.21. The van der Waals surface area contributed by atoms with Gasteiger partial charge in [0.25, 0.3) is 0 Å². The zero-order valence-corrected chi connectivity index (χ0v) is 20.9. The fourth-order valence-electron chi connectivity index (χ4n) is 3.19. The van der Waals surface area contributed by atoms with Crippen LogP contribution in [0.2, 0.25) is 5.02 Å². The van der Waals surface area contributed by atoms with Crippen molar-refractivity contribution in [3.8, 4) is 0 Å². The van der Waals surface area contributed by atoms with Crippen LogP contribution < -0.4 is 10.2 Å². The highest BCUT2D eigenvalue weighted by molar-refractivity contribution is 14.0. The predicted octanol–water partition coefficient (Wildman–Crippen LogP) is 3.46. The van der Waals surface area contributed by atoms with Crippen molar-refractivity contribution in [2.24, 2.45) is 4.99 Å². The number of hydrogen-bond donors (Lipinski definition) is 1. The second-order valence-corrected chi connectivity index (χ2v) is 7.70. The Labute approximate surface area is 198 Å². The molecule has 3 rings (SSSR count). The van der Waals surface area contributed by atoms with Gasteiger partial charge in [0.15, 0.2) is 5.96 Å². The maximum atomic E-state index is 6.11. The van der Waals surface area contributed by atoms with Crippen LogP contribution in [0, 0.1) is 0 Å². The van der Waals surface area contributed by atoms with Crippen LogP contribution in [0.3, 0.4) is 0 Å². The molecule has 7 nitrogen and oxygen atoms in total. The highest BCUT2D eigenvalue weighted by atomic mass is 127. The first-order valence-electron chi connectivity index (χ1n) is 9.46. The molecule has 1 unspecified atom stereocenters. The molecule has 2 aromatic rings. The van der Waals surface area contributed by atoms with Gasteiger partial charge in [-0.1, -0.05) is 30.7 Å². The lowest BCUT2D eigenvalue weighted by Crippen LogP contribution is -2.53. The number of ether oxygens (including phenoxy) is 1. The van der Waals surface area contributed by atoms with Gasteiger partial charge in [0.2, 0.25) is 5.13 Å². The monoisotopic (exact) mass is 550 g/mol. The molecular weight excluding hydrogens is 523 g/mol. The Kier molecular flexibility index (Phi) is 9.87. The minimum Gasteiger partial charge on any atom is -0.375 e. The van der Waals surface area contributed by atoms with Crippen molar-refractivity contribution in [2.75, 3.05) is 51.8 Å². The van der Waals surface area contributed by atoms with E-state index < -0.39 is 0 Å². The maximum absolute atomic E-state index is 6.11. The minimum absolute atomic E-state index is 0. The lowest BCUT2D eigenvalue weighted by molar-refractivity contribution is 0.105. The number of hydrogen-bond acceptors (Lipinski definition) is 6. The van der Waals surface area contributed by atoms with Gasteiger partial charge in [-0.15, -0.1) is 24.0 Å². The Balaban J connectivity index is 0.00000300. The molecule has 0 amide bonds. The van der Waals surface area contributed by atoms with Crippen molar-refractivity contribution < 1.29 is 4.74 Å². The van der Waals surface area contributed by atoms with E-state index in [1.165, 1.54) is 11.5 Å². The van der Waals surface area contributed by atoms with Gasteiger partial charge < -0.3 is 19.9 Å². The summed E-state index contributed by atoms with van der Waals surface area (Å²) in [5.74, 6) is 1.81.